The summed E-state index contributed by atoms with van der Waals surface area (Å²) < 4.78 is 0. The van der Waals surface area contributed by atoms with Gasteiger partial charge < -0.3 is 48.7 Å². The number of hydrogen-bond acceptors (Lipinski definition) is 0. The maximum Gasteiger partial charge on any atom is 4.00 e. The zero-order valence-corrected chi connectivity index (χ0v) is 41.6. The van der Waals surface area contributed by atoms with Crippen LogP contribution < -0.4 is 0 Å². The van der Waals surface area contributed by atoms with Gasteiger partial charge in [0.05, 0.1) is 0 Å². The number of nitrogens with zero attached hydrogens (tertiary/aromatic N) is 1. The molecule has 1 radical (unpaired) electrons. The van der Waals surface area contributed by atoms with Gasteiger partial charge in [-0.1, -0.05) is 152 Å². The van der Waals surface area contributed by atoms with Gasteiger partial charge in [0, 0.05) is 0 Å². The molecule has 0 spiro atoms. The van der Waals surface area contributed by atoms with Crippen LogP contribution in [0.4, 0.5) is 0 Å². The molecule has 0 aromatic carbocycles. The summed E-state index contributed by atoms with van der Waals surface area (Å²) >= 11 is 0. The summed E-state index contributed by atoms with van der Waals surface area (Å²) in [4.78, 5) is 5.39. The van der Waals surface area contributed by atoms with Crippen molar-refractivity contribution in [3.63, 3.8) is 0 Å². The second-order valence-electron chi connectivity index (χ2n) is 18.9. The molecule has 0 N–H and O–H groups in total. The molecule has 0 saturated heterocycles. The van der Waals surface area contributed by atoms with Crippen LogP contribution in [-0.4, -0.2) is 21.8 Å². The van der Waals surface area contributed by atoms with Crippen LogP contribution in [0.2, 0.25) is 37.3 Å². The molecule has 6 aliphatic carbocycles. The minimum atomic E-state index is -1.50. The van der Waals surface area contributed by atoms with Crippen molar-refractivity contribution < 1.29 is 43.4 Å². The van der Waals surface area contributed by atoms with Crippen LogP contribution in [0.5, 0.6) is 0 Å². The van der Waals surface area contributed by atoms with E-state index < -0.39 is 16.3 Å². The zero-order chi connectivity index (χ0) is 31.7. The zero-order valence-electron chi connectivity index (χ0n) is 36.5. The number of allylic oxidation sites excluding steroid dienone is 3. The van der Waals surface area contributed by atoms with Crippen molar-refractivity contribution in [3.8, 4) is 0 Å². The van der Waals surface area contributed by atoms with Gasteiger partial charge in [0.15, 0.2) is 0 Å². The van der Waals surface area contributed by atoms with Gasteiger partial charge in [0.25, 0.3) is 0 Å². The van der Waals surface area contributed by atoms with E-state index in [9.17, 15) is 0 Å². The summed E-state index contributed by atoms with van der Waals surface area (Å²) in [6.07, 6.45) is 24.1. The molecule has 0 amide bonds. The maximum atomic E-state index is 5.39. The Labute approximate surface area is 351 Å². The molecule has 1 nitrogen and oxygen atoms in total. The topological polar surface area (TPSA) is 14.1 Å². The molecule has 6 aliphatic rings. The average molecular weight is 795 g/mol. The molecular weight excluding hydrogens is 706 g/mol. The molecule has 6 saturated carbocycles. The molecular formula is C45H88NSi2Ti2. The van der Waals surface area contributed by atoms with Gasteiger partial charge in [-0.3, -0.25) is 0 Å². The molecule has 50 heavy (non-hydrogen) atoms. The largest absolute Gasteiger partial charge is 4.00 e. The minimum absolute atomic E-state index is 0. The molecule has 0 heterocycles. The Kier molecular flexibility index (Phi) is 27.9. The van der Waals surface area contributed by atoms with E-state index in [0.29, 0.717) is 0 Å². The Morgan fingerprint density at radius 2 is 1.00 bits per heavy atom. The summed E-state index contributed by atoms with van der Waals surface area (Å²) in [6.45, 7) is 32.1. The Morgan fingerprint density at radius 3 is 1.32 bits per heavy atom. The van der Waals surface area contributed by atoms with Crippen molar-refractivity contribution >= 4 is 16.3 Å². The summed E-state index contributed by atoms with van der Waals surface area (Å²) in [7, 11) is -2.69. The number of fused-ring (bicyclic) bond motifs is 4. The molecule has 289 valence electrons. The van der Waals surface area contributed by atoms with Gasteiger partial charge >= 0.3 is 43.4 Å². The van der Waals surface area contributed by atoms with Crippen molar-refractivity contribution in [2.24, 2.45) is 59.2 Å². The van der Waals surface area contributed by atoms with E-state index in [-0.39, 0.29) is 86.1 Å². The first-order valence-electron chi connectivity index (χ1n) is 18.9. The monoisotopic (exact) mass is 795 g/mol. The van der Waals surface area contributed by atoms with Crippen molar-refractivity contribution in [3.05, 3.63) is 73.5 Å². The standard InChI is InChI=1S/C19H36NSi.C16H29Si.C5H8.5CH3.2Ti/c1-13-10-16-11-14-8-7-9-15(14)12-17(16)18(13)21(5,6)20-19(2,3)4;1-11-8-14-9-12-6-5-7-13(12)10-15(14)16(11)17(2,3)4;1-3-5-4-2;;;;;;;/h13-18H,7-12H2,1-6H3;11-16H,2,5-10H2,1,3-4H3;3-5H,1H2,2H3;5*1H3;;/q2*-1;;5*-1;+3;+4/b;;5-4+;;;;;;;. The van der Waals surface area contributed by atoms with Crippen LogP contribution in [0.15, 0.2) is 24.8 Å². The molecule has 6 fully saturated rings. The van der Waals surface area contributed by atoms with Crippen molar-refractivity contribution in [1.29, 1.82) is 0 Å². The second kappa shape index (κ2) is 24.1. The van der Waals surface area contributed by atoms with Gasteiger partial charge in [-0.25, -0.2) is 0 Å². The van der Waals surface area contributed by atoms with Crippen LogP contribution in [0.1, 0.15) is 119 Å². The summed E-state index contributed by atoms with van der Waals surface area (Å²) in [6, 6.07) is 0. The van der Waals surface area contributed by atoms with Gasteiger partial charge in [-0.15, -0.1) is 5.54 Å². The van der Waals surface area contributed by atoms with E-state index in [0.717, 1.165) is 70.3 Å². The predicted molar refractivity (Wildman–Crippen MR) is 230 cm³/mol. The Balaban J connectivity index is -0.000000335. The van der Waals surface area contributed by atoms with Gasteiger partial charge in [-0.2, -0.15) is 0 Å². The fraction of sp³-hybridized carbons (Fsp3) is 0.778. The Bertz CT molecular complexity index is 936. The van der Waals surface area contributed by atoms with Crippen LogP contribution in [0, 0.1) is 103 Å². The normalized spacial score (nSPS) is 36.3. The van der Waals surface area contributed by atoms with Crippen LogP contribution >= 0.6 is 0 Å². The summed E-state index contributed by atoms with van der Waals surface area (Å²) in [5, 5.41) is 0. The minimum Gasteiger partial charge on any atom is -0.660 e. The average Bonchev–Trinajstić information content (AvgIpc) is 3.63. The summed E-state index contributed by atoms with van der Waals surface area (Å²) in [5.41, 5.74) is 2.12. The van der Waals surface area contributed by atoms with Gasteiger partial charge in [0.1, 0.15) is 0 Å². The van der Waals surface area contributed by atoms with E-state index in [1.165, 1.54) is 32.1 Å². The van der Waals surface area contributed by atoms with Crippen LogP contribution in [-0.2, 0) is 43.4 Å². The first-order chi connectivity index (χ1) is 20.1. The van der Waals surface area contributed by atoms with Crippen LogP contribution in [0.3, 0.4) is 0 Å². The fourth-order valence-corrected chi connectivity index (χ4v) is 20.9. The third-order valence-corrected chi connectivity index (χ3v) is 20.1. The smallest absolute Gasteiger partial charge is 0.660 e. The first kappa shape index (κ1) is 58.0. The van der Waals surface area contributed by atoms with Crippen molar-refractivity contribution in [1.82, 2.24) is 0 Å². The molecule has 0 aromatic heterocycles. The Morgan fingerprint density at radius 1 is 0.640 bits per heavy atom. The predicted octanol–water partition coefficient (Wildman–Crippen LogP) is 15.1. The fourth-order valence-electron chi connectivity index (χ4n) is 12.8. The Hall–Kier alpha value is 1.30. The third-order valence-electron chi connectivity index (χ3n) is 13.4. The molecule has 6 rings (SSSR count). The van der Waals surface area contributed by atoms with Gasteiger partial charge in [-0.05, 0) is 105 Å². The van der Waals surface area contributed by atoms with E-state index in [1.54, 1.807) is 51.0 Å². The molecule has 12 atom stereocenters. The van der Waals surface area contributed by atoms with Crippen LogP contribution in [0.25, 0.3) is 4.98 Å². The van der Waals surface area contributed by atoms with E-state index in [1.807, 2.05) is 19.1 Å². The molecule has 5 heteroatoms. The summed E-state index contributed by atoms with van der Waals surface area (Å²) in [5.74, 6) is 10.5. The first-order valence-corrected chi connectivity index (χ1v) is 25.2. The van der Waals surface area contributed by atoms with Crippen molar-refractivity contribution in [2.45, 2.75) is 161 Å². The molecule has 12 unspecified atom stereocenters. The second-order valence-corrected chi connectivity index (χ2v) is 27.7. The number of hydrogen-bond donors (Lipinski definition) is 0. The molecule has 0 aliphatic heterocycles. The van der Waals surface area contributed by atoms with E-state index in [2.05, 4.69) is 73.9 Å². The molecule has 0 bridgehead atoms. The number of rotatable bonds is 4. The van der Waals surface area contributed by atoms with E-state index in [4.69, 9.17) is 4.98 Å². The van der Waals surface area contributed by atoms with Crippen molar-refractivity contribution in [2.75, 3.05) is 0 Å². The molecule has 0 aromatic rings. The maximum absolute atomic E-state index is 5.39. The SMILES string of the molecule is C=C/C=C/C.CC1CC2CC3CCCC3CC2C1[Si](C)(C)[N-]C(C)(C)C.[CH2-][Si](C)(C)C1C(C)CC2CC3CCCC3CC21.[CH3-].[CH3-].[CH3-].[CH3-].[CH3-].[Ti+3].[Ti+4]. The quantitative estimate of drug-likeness (QED) is 0.153. The van der Waals surface area contributed by atoms with Gasteiger partial charge in [0.2, 0.25) is 0 Å². The van der Waals surface area contributed by atoms with E-state index >= 15 is 0 Å². The third kappa shape index (κ3) is 14.4.